The molecule has 0 saturated carbocycles. The lowest BCUT2D eigenvalue weighted by molar-refractivity contribution is -0.958. The molecule has 1 aliphatic heterocycles. The van der Waals surface area contributed by atoms with Gasteiger partial charge in [-0.15, -0.1) is 0 Å². The Morgan fingerprint density at radius 2 is 2.07 bits per heavy atom. The highest BCUT2D eigenvalue weighted by Gasteiger charge is 2.15. The minimum atomic E-state index is 1.17. The van der Waals surface area contributed by atoms with Crippen LogP contribution in [0.5, 0.6) is 0 Å². The van der Waals surface area contributed by atoms with Crippen molar-refractivity contribution in [1.29, 1.82) is 0 Å². The molecule has 0 atom stereocenters. The fraction of sp³-hybridized carbons (Fsp3) is 0.455. The number of halogens is 1. The van der Waals surface area contributed by atoms with Crippen LogP contribution >= 0.6 is 15.9 Å². The average molecular weight is 257 g/mol. The van der Waals surface area contributed by atoms with E-state index >= 15 is 0 Å². The van der Waals surface area contributed by atoms with Gasteiger partial charge in [-0.2, -0.15) is 0 Å². The zero-order chi connectivity index (χ0) is 9.80. The van der Waals surface area contributed by atoms with Gasteiger partial charge in [-0.05, 0) is 12.1 Å². The van der Waals surface area contributed by atoms with Gasteiger partial charge in [-0.25, -0.2) is 0 Å². The van der Waals surface area contributed by atoms with Crippen molar-refractivity contribution in [3.63, 3.8) is 0 Å². The van der Waals surface area contributed by atoms with E-state index in [2.05, 4.69) is 45.5 Å². The summed E-state index contributed by atoms with van der Waals surface area (Å²) in [6.45, 7) is 6.33. The molecule has 3 heteroatoms. The summed E-state index contributed by atoms with van der Waals surface area (Å²) in [6, 6.07) is 8.65. The summed E-state index contributed by atoms with van der Waals surface area (Å²) in [5.74, 6) is 0. The van der Waals surface area contributed by atoms with Crippen molar-refractivity contribution in [2.45, 2.75) is 6.54 Å². The van der Waals surface area contributed by atoms with Gasteiger partial charge in [-0.1, -0.05) is 28.1 Å². The second-order valence-electron chi connectivity index (χ2n) is 3.92. The van der Waals surface area contributed by atoms with E-state index in [0.29, 0.717) is 0 Å². The maximum atomic E-state index is 3.51. The molecule has 0 bridgehead atoms. The molecule has 1 aromatic rings. The summed E-state index contributed by atoms with van der Waals surface area (Å²) in [6.07, 6.45) is 0. The van der Waals surface area contributed by atoms with Crippen molar-refractivity contribution >= 4 is 15.9 Å². The Labute approximate surface area is 93.4 Å². The molecule has 14 heavy (non-hydrogen) atoms. The topological polar surface area (TPSA) is 21.1 Å². The second-order valence-corrected chi connectivity index (χ2v) is 4.84. The maximum Gasteiger partial charge on any atom is 0.127 e. The summed E-state index contributed by atoms with van der Waals surface area (Å²) >= 11 is 3.51. The molecule has 0 spiro atoms. The number of nitrogens with two attached hydrogens (primary N) is 1. The molecule has 1 saturated heterocycles. The molecule has 0 radical (unpaired) electrons. The minimum Gasteiger partial charge on any atom is -0.337 e. The Bertz CT molecular complexity index is 295. The van der Waals surface area contributed by atoms with Crippen LogP contribution < -0.4 is 10.2 Å². The first-order valence-corrected chi connectivity index (χ1v) is 6.03. The lowest BCUT2D eigenvalue weighted by Gasteiger charge is -2.22. The molecule has 0 aromatic heterocycles. The van der Waals surface area contributed by atoms with E-state index in [9.17, 15) is 0 Å². The molecule has 0 amide bonds. The molecule has 3 N–H and O–H groups in total. The summed E-state index contributed by atoms with van der Waals surface area (Å²) in [4.78, 5) is 1.71. The van der Waals surface area contributed by atoms with Gasteiger partial charge in [0.15, 0.2) is 0 Å². The maximum absolute atomic E-state index is 3.51. The first kappa shape index (κ1) is 10.1. The molecular weight excluding hydrogens is 240 g/mol. The van der Waals surface area contributed by atoms with Crippen molar-refractivity contribution < 1.29 is 10.2 Å². The van der Waals surface area contributed by atoms with Gasteiger partial charge in [0.25, 0.3) is 0 Å². The van der Waals surface area contributed by atoms with Crippen molar-refractivity contribution in [3.05, 3.63) is 34.3 Å². The van der Waals surface area contributed by atoms with Crippen molar-refractivity contribution in [3.8, 4) is 0 Å². The molecule has 0 aliphatic carbocycles. The van der Waals surface area contributed by atoms with Gasteiger partial charge in [0.2, 0.25) is 0 Å². The predicted octanol–water partition coefficient (Wildman–Crippen LogP) is -0.589. The minimum absolute atomic E-state index is 1.17. The second kappa shape index (κ2) is 4.91. The highest BCUT2D eigenvalue weighted by molar-refractivity contribution is 9.10. The Morgan fingerprint density at radius 3 is 2.79 bits per heavy atom. The molecule has 0 unspecified atom stereocenters. The van der Waals surface area contributed by atoms with Gasteiger partial charge in [0.1, 0.15) is 32.7 Å². The third-order valence-corrected chi connectivity index (χ3v) is 3.24. The zero-order valence-corrected chi connectivity index (χ0v) is 9.89. The third kappa shape index (κ3) is 2.80. The molecule has 1 fully saturated rings. The Morgan fingerprint density at radius 1 is 1.29 bits per heavy atom. The Kier molecular flexibility index (Phi) is 3.56. The smallest absolute Gasteiger partial charge is 0.127 e. The van der Waals surface area contributed by atoms with Crippen LogP contribution in [-0.2, 0) is 6.54 Å². The third-order valence-electron chi connectivity index (χ3n) is 2.75. The fourth-order valence-corrected chi connectivity index (χ4v) is 2.44. The van der Waals surface area contributed by atoms with Gasteiger partial charge >= 0.3 is 0 Å². The van der Waals surface area contributed by atoms with Crippen LogP contribution in [0.4, 0.5) is 0 Å². The van der Waals surface area contributed by atoms with E-state index in [1.165, 1.54) is 42.8 Å². The summed E-state index contributed by atoms with van der Waals surface area (Å²) in [5, 5.41) is 2.41. The first-order chi connectivity index (χ1) is 6.84. The van der Waals surface area contributed by atoms with Crippen molar-refractivity contribution in [1.82, 2.24) is 0 Å². The number of benzene rings is 1. The molecule has 1 aromatic carbocycles. The highest BCUT2D eigenvalue weighted by atomic mass is 79.9. The van der Waals surface area contributed by atoms with Gasteiger partial charge < -0.3 is 10.2 Å². The van der Waals surface area contributed by atoms with E-state index in [0.717, 1.165) is 0 Å². The highest BCUT2D eigenvalue weighted by Crippen LogP contribution is 2.10. The van der Waals surface area contributed by atoms with E-state index in [1.807, 2.05) is 0 Å². The van der Waals surface area contributed by atoms with Crippen LogP contribution in [-0.4, -0.2) is 26.2 Å². The molecular formula is C11H17BrN2+2. The summed E-state index contributed by atoms with van der Waals surface area (Å²) < 4.78 is 1.19. The SMILES string of the molecule is Brc1cccc(C[NH+]2CC[NH2+]CC2)c1. The summed E-state index contributed by atoms with van der Waals surface area (Å²) in [7, 11) is 0. The molecule has 2 rings (SSSR count). The van der Waals surface area contributed by atoms with Gasteiger partial charge in [0, 0.05) is 10.0 Å². The van der Waals surface area contributed by atoms with Crippen molar-refractivity contribution in [2.24, 2.45) is 0 Å². The van der Waals surface area contributed by atoms with Crippen LogP contribution in [0.2, 0.25) is 0 Å². The number of hydrogen-bond acceptors (Lipinski definition) is 0. The van der Waals surface area contributed by atoms with Crippen LogP contribution in [0.25, 0.3) is 0 Å². The van der Waals surface area contributed by atoms with E-state index in [4.69, 9.17) is 0 Å². The van der Waals surface area contributed by atoms with Gasteiger partial charge in [-0.3, -0.25) is 0 Å². The molecule has 76 valence electrons. The quantitative estimate of drug-likeness (QED) is 0.707. The lowest BCUT2D eigenvalue weighted by atomic mass is 10.2. The molecule has 1 heterocycles. The van der Waals surface area contributed by atoms with Crippen molar-refractivity contribution in [2.75, 3.05) is 26.2 Å². The standard InChI is InChI=1S/C11H15BrN2/c12-11-3-1-2-10(8-11)9-14-6-4-13-5-7-14/h1-3,8,13H,4-7,9H2/p+2. The van der Waals surface area contributed by atoms with E-state index < -0.39 is 0 Å². The van der Waals surface area contributed by atoms with Crippen LogP contribution in [0, 0.1) is 0 Å². The van der Waals surface area contributed by atoms with E-state index in [-0.39, 0.29) is 0 Å². The van der Waals surface area contributed by atoms with Crippen LogP contribution in [0.1, 0.15) is 5.56 Å². The molecule has 1 aliphatic rings. The number of rotatable bonds is 2. The molecule has 2 nitrogen and oxygen atoms in total. The normalized spacial score (nSPS) is 18.4. The Balaban J connectivity index is 1.95. The summed E-state index contributed by atoms with van der Waals surface area (Å²) in [5.41, 5.74) is 1.44. The van der Waals surface area contributed by atoms with Gasteiger partial charge in [0.05, 0.1) is 0 Å². The van der Waals surface area contributed by atoms with Crippen LogP contribution in [0.15, 0.2) is 28.7 Å². The number of piperazine rings is 1. The zero-order valence-electron chi connectivity index (χ0n) is 8.30. The largest absolute Gasteiger partial charge is 0.337 e. The number of nitrogens with one attached hydrogen (secondary N) is 1. The van der Waals surface area contributed by atoms with E-state index in [1.54, 1.807) is 4.90 Å². The number of quaternary nitrogens is 2. The fourth-order valence-electron chi connectivity index (χ4n) is 1.99. The lowest BCUT2D eigenvalue weighted by Crippen LogP contribution is -3.19. The predicted molar refractivity (Wildman–Crippen MR) is 60.2 cm³/mol. The number of hydrogen-bond donors (Lipinski definition) is 2. The Hall–Kier alpha value is -0.380. The van der Waals surface area contributed by atoms with Crippen LogP contribution in [0.3, 0.4) is 0 Å². The average Bonchev–Trinajstić information content (AvgIpc) is 2.19. The first-order valence-electron chi connectivity index (χ1n) is 5.24. The monoisotopic (exact) mass is 256 g/mol.